The van der Waals surface area contributed by atoms with Crippen LogP contribution in [0.1, 0.15) is 52.4 Å². The average molecular weight is 276 g/mol. The smallest absolute Gasteiger partial charge is 0.00669 e. The highest BCUT2D eigenvalue weighted by Gasteiger charge is 2.16. The highest BCUT2D eigenvalue weighted by Crippen LogP contribution is 2.18. The summed E-state index contributed by atoms with van der Waals surface area (Å²) in [6, 6.07) is 0.823. The van der Waals surface area contributed by atoms with E-state index in [4.69, 9.17) is 0 Å². The van der Waals surface area contributed by atoms with Crippen molar-refractivity contribution in [1.29, 1.82) is 0 Å². The molecule has 0 radical (unpaired) electrons. The molecule has 1 aliphatic heterocycles. The number of nitrogens with zero attached hydrogens (tertiary/aromatic N) is 1. The second kappa shape index (κ2) is 7.67. The second-order valence-corrected chi connectivity index (χ2v) is 5.90. The Morgan fingerprint density at radius 1 is 1.27 bits per heavy atom. The average Bonchev–Trinajstić information content (AvgIpc) is 2.41. The molecule has 2 unspecified atom stereocenters. The first-order chi connectivity index (χ1) is 7.24. The van der Waals surface area contributed by atoms with Gasteiger partial charge in [-0.3, -0.25) is 0 Å². The Labute approximate surface area is 104 Å². The largest absolute Gasteiger partial charge is 0.301 e. The molecule has 0 bridgehead atoms. The van der Waals surface area contributed by atoms with Gasteiger partial charge in [-0.15, -0.1) is 0 Å². The maximum Gasteiger partial charge on any atom is 0.00669 e. The van der Waals surface area contributed by atoms with Gasteiger partial charge in [-0.2, -0.15) is 0 Å². The van der Waals surface area contributed by atoms with Crippen molar-refractivity contribution in [3.63, 3.8) is 0 Å². The molecule has 0 aliphatic carbocycles. The van der Waals surface area contributed by atoms with Gasteiger partial charge in [0.25, 0.3) is 0 Å². The van der Waals surface area contributed by atoms with E-state index in [0.29, 0.717) is 0 Å². The van der Waals surface area contributed by atoms with Gasteiger partial charge in [-0.05, 0) is 51.6 Å². The Balaban J connectivity index is 2.22. The minimum absolute atomic E-state index is 0.823. The summed E-state index contributed by atoms with van der Waals surface area (Å²) in [5.41, 5.74) is 0. The van der Waals surface area contributed by atoms with Gasteiger partial charge in [0.15, 0.2) is 0 Å². The van der Waals surface area contributed by atoms with Gasteiger partial charge >= 0.3 is 0 Å². The number of hydrogen-bond acceptors (Lipinski definition) is 1. The number of hydrogen-bond donors (Lipinski definition) is 0. The van der Waals surface area contributed by atoms with Crippen molar-refractivity contribution in [1.82, 2.24) is 4.90 Å². The van der Waals surface area contributed by atoms with Crippen molar-refractivity contribution in [3.05, 3.63) is 0 Å². The second-order valence-electron chi connectivity index (χ2n) is 5.11. The van der Waals surface area contributed by atoms with Gasteiger partial charge in [0, 0.05) is 11.4 Å². The number of likely N-dealkylation sites (tertiary alicyclic amines) is 1. The fourth-order valence-electron chi connectivity index (χ4n) is 2.38. The quantitative estimate of drug-likeness (QED) is 0.684. The van der Waals surface area contributed by atoms with Crippen molar-refractivity contribution in [2.45, 2.75) is 58.4 Å². The summed E-state index contributed by atoms with van der Waals surface area (Å²) in [4.78, 5) is 2.71. The fraction of sp³-hybridized carbons (Fsp3) is 1.00. The Kier molecular flexibility index (Phi) is 6.91. The molecule has 0 aromatic rings. The van der Waals surface area contributed by atoms with E-state index < -0.39 is 0 Å². The first-order valence-corrected chi connectivity index (χ1v) is 7.66. The van der Waals surface area contributed by atoms with Crippen LogP contribution in [0.15, 0.2) is 0 Å². The molecule has 1 aliphatic rings. The number of halogens is 1. The first-order valence-electron chi connectivity index (χ1n) is 6.54. The van der Waals surface area contributed by atoms with Crippen LogP contribution in [-0.2, 0) is 0 Å². The molecule has 0 amide bonds. The molecule has 1 heterocycles. The van der Waals surface area contributed by atoms with Crippen LogP contribution in [0.5, 0.6) is 0 Å². The molecule has 0 saturated carbocycles. The third-order valence-corrected chi connectivity index (χ3v) is 4.16. The Bertz CT molecular complexity index is 161. The van der Waals surface area contributed by atoms with Crippen LogP contribution in [-0.4, -0.2) is 29.4 Å². The highest BCUT2D eigenvalue weighted by molar-refractivity contribution is 9.09. The third kappa shape index (κ3) is 5.35. The highest BCUT2D eigenvalue weighted by atomic mass is 79.9. The lowest BCUT2D eigenvalue weighted by Gasteiger charge is -2.27. The van der Waals surface area contributed by atoms with E-state index in [2.05, 4.69) is 34.7 Å². The fourth-order valence-corrected chi connectivity index (χ4v) is 3.16. The van der Waals surface area contributed by atoms with Gasteiger partial charge in [-0.25, -0.2) is 0 Å². The molecule has 0 spiro atoms. The molecule has 1 saturated heterocycles. The summed E-state index contributed by atoms with van der Waals surface area (Å²) in [5, 5.41) is 1.16. The van der Waals surface area contributed by atoms with E-state index in [1.165, 1.54) is 51.6 Å². The minimum atomic E-state index is 0.823. The van der Waals surface area contributed by atoms with Crippen LogP contribution in [0.25, 0.3) is 0 Å². The van der Waals surface area contributed by atoms with E-state index in [-0.39, 0.29) is 0 Å². The zero-order valence-corrected chi connectivity index (χ0v) is 11.9. The minimum Gasteiger partial charge on any atom is -0.301 e. The Hall–Kier alpha value is 0.440. The van der Waals surface area contributed by atoms with Crippen molar-refractivity contribution in [2.24, 2.45) is 5.92 Å². The normalized spacial score (nSPS) is 26.2. The summed E-state index contributed by atoms with van der Waals surface area (Å²) in [5.74, 6) is 0.875. The maximum absolute atomic E-state index is 3.53. The van der Waals surface area contributed by atoms with E-state index in [0.717, 1.165) is 17.3 Å². The van der Waals surface area contributed by atoms with Crippen molar-refractivity contribution in [2.75, 3.05) is 18.4 Å². The number of alkyl halides is 1. The van der Waals surface area contributed by atoms with Gasteiger partial charge in [0.2, 0.25) is 0 Å². The van der Waals surface area contributed by atoms with Crippen LogP contribution in [0.3, 0.4) is 0 Å². The molecule has 2 heteroatoms. The lowest BCUT2D eigenvalue weighted by molar-refractivity contribution is 0.199. The number of rotatable bonds is 5. The molecule has 0 aromatic carbocycles. The zero-order chi connectivity index (χ0) is 11.1. The lowest BCUT2D eigenvalue weighted by atomic mass is 10.0. The monoisotopic (exact) mass is 275 g/mol. The van der Waals surface area contributed by atoms with E-state index in [1.54, 1.807) is 0 Å². The van der Waals surface area contributed by atoms with Gasteiger partial charge in [0.1, 0.15) is 0 Å². The van der Waals surface area contributed by atoms with E-state index in [1.807, 2.05) is 0 Å². The molecule has 0 N–H and O–H groups in total. The molecule has 15 heavy (non-hydrogen) atoms. The van der Waals surface area contributed by atoms with Gasteiger partial charge < -0.3 is 4.90 Å². The predicted octanol–water partition coefficient (Wildman–Crippen LogP) is 4.06. The van der Waals surface area contributed by atoms with Crippen LogP contribution >= 0.6 is 15.9 Å². The topological polar surface area (TPSA) is 3.24 Å². The van der Waals surface area contributed by atoms with Crippen molar-refractivity contribution >= 4 is 15.9 Å². The summed E-state index contributed by atoms with van der Waals surface area (Å²) in [6.07, 6.45) is 8.40. The SMILES string of the molecule is CC(CCBr)CCN1CCCCCC1C. The zero-order valence-electron chi connectivity index (χ0n) is 10.3. The summed E-state index contributed by atoms with van der Waals surface area (Å²) in [6.45, 7) is 7.43. The van der Waals surface area contributed by atoms with Gasteiger partial charge in [-0.1, -0.05) is 35.7 Å². The summed E-state index contributed by atoms with van der Waals surface area (Å²) < 4.78 is 0. The predicted molar refractivity (Wildman–Crippen MR) is 71.7 cm³/mol. The molecule has 2 atom stereocenters. The maximum atomic E-state index is 3.53. The molecule has 1 fully saturated rings. The van der Waals surface area contributed by atoms with Crippen molar-refractivity contribution in [3.8, 4) is 0 Å². The third-order valence-electron chi connectivity index (χ3n) is 3.70. The van der Waals surface area contributed by atoms with Gasteiger partial charge in [0.05, 0.1) is 0 Å². The molecular weight excluding hydrogens is 250 g/mol. The summed E-state index contributed by atoms with van der Waals surface area (Å²) in [7, 11) is 0. The molecule has 90 valence electrons. The molecule has 0 aromatic heterocycles. The lowest BCUT2D eigenvalue weighted by Crippen LogP contribution is -2.34. The van der Waals surface area contributed by atoms with Crippen LogP contribution < -0.4 is 0 Å². The Morgan fingerprint density at radius 2 is 2.07 bits per heavy atom. The van der Waals surface area contributed by atoms with Crippen LogP contribution in [0.2, 0.25) is 0 Å². The standard InChI is InChI=1S/C13H26BrN/c1-12(7-9-14)8-11-15-10-5-3-4-6-13(15)2/h12-13H,3-11H2,1-2H3. The van der Waals surface area contributed by atoms with Crippen molar-refractivity contribution < 1.29 is 0 Å². The Morgan fingerprint density at radius 3 is 2.80 bits per heavy atom. The summed E-state index contributed by atoms with van der Waals surface area (Å²) >= 11 is 3.53. The van der Waals surface area contributed by atoms with E-state index >= 15 is 0 Å². The molecule has 1 nitrogen and oxygen atoms in total. The van der Waals surface area contributed by atoms with Crippen LogP contribution in [0, 0.1) is 5.92 Å². The van der Waals surface area contributed by atoms with E-state index in [9.17, 15) is 0 Å². The molecule has 1 rings (SSSR count). The molecular formula is C13H26BrN. The van der Waals surface area contributed by atoms with Crippen LogP contribution in [0.4, 0.5) is 0 Å². The first kappa shape index (κ1) is 13.5.